The molecule has 4 heteroatoms. The lowest BCUT2D eigenvalue weighted by Gasteiger charge is -2.28. The van der Waals surface area contributed by atoms with Gasteiger partial charge >= 0.3 is 6.11 Å². The first-order chi connectivity index (χ1) is 18.9. The molecule has 2 fully saturated rings. The van der Waals surface area contributed by atoms with E-state index in [0.29, 0.717) is 18.3 Å². The monoisotopic (exact) mass is 538 g/mol. The summed E-state index contributed by atoms with van der Waals surface area (Å²) in [7, 11) is 0. The molecule has 0 N–H and O–H groups in total. The number of hydrogen-bond acceptors (Lipinski definition) is 1. The third-order valence-electron chi connectivity index (χ3n) is 8.96. The van der Waals surface area contributed by atoms with Crippen LogP contribution in [0, 0.1) is 17.7 Å². The highest BCUT2D eigenvalue weighted by molar-refractivity contribution is 5.30. The SMILES string of the molecule is CC=CCCC1CCC(c2ccc(CCOC(F)(F)c3ccc(C4CCC(C=CC)CC4)cc3F)cc2)CC1. The molecule has 4 rings (SSSR count). The molecule has 0 saturated heterocycles. The third kappa shape index (κ3) is 8.33. The van der Waals surface area contributed by atoms with Gasteiger partial charge in [0.15, 0.2) is 0 Å². The van der Waals surface area contributed by atoms with Gasteiger partial charge in [-0.15, -0.1) is 0 Å². The van der Waals surface area contributed by atoms with Crippen molar-refractivity contribution < 1.29 is 17.9 Å². The van der Waals surface area contributed by atoms with E-state index < -0.39 is 17.5 Å². The van der Waals surface area contributed by atoms with Crippen molar-refractivity contribution in [3.05, 3.63) is 94.8 Å². The van der Waals surface area contributed by atoms with E-state index in [4.69, 9.17) is 4.74 Å². The maximum atomic E-state index is 14.8. The van der Waals surface area contributed by atoms with Crippen molar-refractivity contribution in [3.63, 3.8) is 0 Å². The van der Waals surface area contributed by atoms with Gasteiger partial charge < -0.3 is 4.74 Å². The van der Waals surface area contributed by atoms with Gasteiger partial charge in [0.1, 0.15) is 5.82 Å². The van der Waals surface area contributed by atoms with E-state index in [1.54, 1.807) is 6.07 Å². The smallest absolute Gasteiger partial charge is 0.316 e. The van der Waals surface area contributed by atoms with E-state index in [0.717, 1.165) is 42.7 Å². The summed E-state index contributed by atoms with van der Waals surface area (Å²) in [6.07, 6.45) is 16.9. The van der Waals surface area contributed by atoms with E-state index >= 15 is 0 Å². The molecule has 0 unspecified atom stereocenters. The zero-order valence-corrected chi connectivity index (χ0v) is 23.7. The van der Waals surface area contributed by atoms with Gasteiger partial charge in [-0.05, 0) is 137 Å². The summed E-state index contributed by atoms with van der Waals surface area (Å²) in [5.74, 6) is 1.34. The molecule has 0 aromatic heterocycles. The predicted octanol–water partition coefficient (Wildman–Crippen LogP) is 10.6. The van der Waals surface area contributed by atoms with E-state index in [9.17, 15) is 13.2 Å². The highest BCUT2D eigenvalue weighted by Gasteiger charge is 2.36. The molecule has 0 heterocycles. The van der Waals surface area contributed by atoms with Crippen molar-refractivity contribution >= 4 is 0 Å². The van der Waals surface area contributed by atoms with Crippen molar-refractivity contribution in [2.75, 3.05) is 6.61 Å². The molecule has 0 amide bonds. The summed E-state index contributed by atoms with van der Waals surface area (Å²) in [6, 6.07) is 12.5. The van der Waals surface area contributed by atoms with Crippen LogP contribution in [0.15, 0.2) is 66.8 Å². The van der Waals surface area contributed by atoms with Crippen LogP contribution in [0.5, 0.6) is 0 Å². The Hall–Kier alpha value is -2.33. The van der Waals surface area contributed by atoms with E-state index in [1.165, 1.54) is 56.2 Å². The van der Waals surface area contributed by atoms with Gasteiger partial charge in [-0.25, -0.2) is 4.39 Å². The van der Waals surface area contributed by atoms with Gasteiger partial charge in [-0.2, -0.15) is 8.78 Å². The Morgan fingerprint density at radius 1 is 0.821 bits per heavy atom. The molecular formula is C35H45F3O. The highest BCUT2D eigenvalue weighted by Crippen LogP contribution is 2.40. The molecule has 0 bridgehead atoms. The summed E-state index contributed by atoms with van der Waals surface area (Å²) < 4.78 is 49.3. The van der Waals surface area contributed by atoms with E-state index in [2.05, 4.69) is 43.4 Å². The molecule has 2 saturated carbocycles. The molecule has 2 aromatic rings. The molecule has 39 heavy (non-hydrogen) atoms. The molecule has 0 radical (unpaired) electrons. The lowest BCUT2D eigenvalue weighted by molar-refractivity contribution is -0.249. The lowest BCUT2D eigenvalue weighted by atomic mass is 9.77. The molecule has 2 aliphatic carbocycles. The molecular weight excluding hydrogens is 493 g/mol. The van der Waals surface area contributed by atoms with Crippen LogP contribution in [0.2, 0.25) is 0 Å². The largest absolute Gasteiger partial charge is 0.386 e. The van der Waals surface area contributed by atoms with Crippen LogP contribution in [0.3, 0.4) is 0 Å². The first-order valence-corrected chi connectivity index (χ1v) is 15.0. The first kappa shape index (κ1) is 29.6. The summed E-state index contributed by atoms with van der Waals surface area (Å²) in [5, 5.41) is 0. The quantitative estimate of drug-likeness (QED) is 0.259. The predicted molar refractivity (Wildman–Crippen MR) is 155 cm³/mol. The second kappa shape index (κ2) is 14.3. The summed E-state index contributed by atoms with van der Waals surface area (Å²) in [5.41, 5.74) is 2.44. The summed E-state index contributed by atoms with van der Waals surface area (Å²) in [4.78, 5) is 0. The Bertz CT molecular complexity index is 1070. The van der Waals surface area contributed by atoms with Crippen molar-refractivity contribution in [1.29, 1.82) is 0 Å². The fourth-order valence-electron chi connectivity index (χ4n) is 6.55. The second-order valence-electron chi connectivity index (χ2n) is 11.6. The van der Waals surface area contributed by atoms with Gasteiger partial charge in [-0.1, -0.05) is 54.6 Å². The minimum atomic E-state index is -3.66. The Balaban J connectivity index is 1.24. The maximum Gasteiger partial charge on any atom is 0.386 e. The highest BCUT2D eigenvalue weighted by atomic mass is 19.3. The molecule has 2 aliphatic rings. The molecule has 0 spiro atoms. The Morgan fingerprint density at radius 2 is 1.46 bits per heavy atom. The van der Waals surface area contributed by atoms with Crippen LogP contribution in [0.4, 0.5) is 13.2 Å². The molecule has 212 valence electrons. The van der Waals surface area contributed by atoms with Crippen LogP contribution in [-0.2, 0) is 17.3 Å². The Morgan fingerprint density at radius 3 is 2.10 bits per heavy atom. The third-order valence-corrected chi connectivity index (χ3v) is 8.96. The zero-order valence-electron chi connectivity index (χ0n) is 23.7. The first-order valence-electron chi connectivity index (χ1n) is 15.0. The van der Waals surface area contributed by atoms with Crippen molar-refractivity contribution in [2.24, 2.45) is 11.8 Å². The average molecular weight is 539 g/mol. The lowest BCUT2D eigenvalue weighted by Crippen LogP contribution is -2.22. The normalized spacial score (nSPS) is 24.5. The number of hydrogen-bond donors (Lipinski definition) is 0. The molecule has 0 atom stereocenters. The van der Waals surface area contributed by atoms with Crippen molar-refractivity contribution in [3.8, 4) is 0 Å². The number of rotatable bonds is 11. The topological polar surface area (TPSA) is 9.23 Å². The zero-order chi connectivity index (χ0) is 27.7. The average Bonchev–Trinajstić information content (AvgIpc) is 2.94. The fourth-order valence-corrected chi connectivity index (χ4v) is 6.55. The van der Waals surface area contributed by atoms with E-state index in [-0.39, 0.29) is 12.5 Å². The number of benzene rings is 2. The van der Waals surface area contributed by atoms with E-state index in [1.807, 2.05) is 19.1 Å². The number of allylic oxidation sites excluding steroid dienone is 4. The van der Waals surface area contributed by atoms with Crippen molar-refractivity contribution in [2.45, 2.75) is 102 Å². The number of ether oxygens (including phenoxy) is 1. The minimum absolute atomic E-state index is 0.167. The van der Waals surface area contributed by atoms with Crippen LogP contribution in [-0.4, -0.2) is 6.61 Å². The minimum Gasteiger partial charge on any atom is -0.316 e. The van der Waals surface area contributed by atoms with Gasteiger partial charge in [0.25, 0.3) is 0 Å². The van der Waals surface area contributed by atoms with Gasteiger partial charge in [-0.3, -0.25) is 0 Å². The number of halogens is 3. The van der Waals surface area contributed by atoms with Gasteiger partial charge in [0.05, 0.1) is 12.2 Å². The van der Waals surface area contributed by atoms with Crippen LogP contribution in [0.1, 0.15) is 112 Å². The maximum absolute atomic E-state index is 14.8. The van der Waals surface area contributed by atoms with Crippen LogP contribution < -0.4 is 0 Å². The van der Waals surface area contributed by atoms with Gasteiger partial charge in [0.2, 0.25) is 0 Å². The fraction of sp³-hybridized carbons (Fsp3) is 0.543. The number of alkyl halides is 2. The van der Waals surface area contributed by atoms with Crippen LogP contribution in [0.25, 0.3) is 0 Å². The molecule has 0 aliphatic heterocycles. The summed E-state index contributed by atoms with van der Waals surface area (Å²) in [6.45, 7) is 3.94. The Kier molecular flexibility index (Phi) is 10.9. The summed E-state index contributed by atoms with van der Waals surface area (Å²) >= 11 is 0. The van der Waals surface area contributed by atoms with Crippen LogP contribution >= 0.6 is 0 Å². The van der Waals surface area contributed by atoms with Gasteiger partial charge in [0, 0.05) is 0 Å². The molecule has 1 nitrogen and oxygen atoms in total. The second-order valence-corrected chi connectivity index (χ2v) is 11.6. The molecule has 2 aromatic carbocycles. The standard InChI is InChI=1S/C35H45F3O/c1-3-5-6-8-27-11-15-29(16-12-27)30-17-13-28(14-18-30)23-24-39-35(37,38)33-22-21-32(25-34(33)36)31-19-9-26(7-4-2)10-20-31/h3-5,7,13-14,17-18,21-22,25-27,29,31H,6,8-12,15-16,19-20,23-24H2,1-2H3. The van der Waals surface area contributed by atoms with Crippen molar-refractivity contribution in [1.82, 2.24) is 0 Å². The Labute approximate surface area is 233 Å².